The maximum atomic E-state index is 11.3. The van der Waals surface area contributed by atoms with E-state index in [1.54, 1.807) is 0 Å². The molecule has 0 fully saturated rings. The van der Waals surface area contributed by atoms with Gasteiger partial charge in [0.05, 0.1) is 6.07 Å². The number of amides is 1. The quantitative estimate of drug-likeness (QED) is 0.750. The van der Waals surface area contributed by atoms with Gasteiger partial charge in [-0.05, 0) is 43.2 Å². The number of carbonyl (C=O) groups excluding carboxylic acids is 1. The first-order valence-electron chi connectivity index (χ1n) is 8.14. The first-order chi connectivity index (χ1) is 12.1. The van der Waals surface area contributed by atoms with Gasteiger partial charge >= 0.3 is 0 Å². The number of hydrogen-bond donors (Lipinski definition) is 1. The summed E-state index contributed by atoms with van der Waals surface area (Å²) in [4.78, 5) is 11.3. The fourth-order valence-electron chi connectivity index (χ4n) is 2.35. The van der Waals surface area contributed by atoms with E-state index in [2.05, 4.69) is 18.3 Å². The third-order valence-corrected chi connectivity index (χ3v) is 3.57. The highest BCUT2D eigenvalue weighted by molar-refractivity contribution is 5.77. The van der Waals surface area contributed by atoms with Gasteiger partial charge in [-0.1, -0.05) is 29.8 Å². The molecule has 0 unspecified atom stereocenters. The molecular formula is C20H22N2O3. The van der Waals surface area contributed by atoms with E-state index in [0.29, 0.717) is 19.8 Å². The summed E-state index contributed by atoms with van der Waals surface area (Å²) in [5, 5.41) is 11.2. The molecule has 0 saturated heterocycles. The van der Waals surface area contributed by atoms with Gasteiger partial charge in [-0.25, -0.2) is 0 Å². The standard InChI is InChI=1S/C20H22N2O3/c1-15-6-7-19(16(2)12-15)25-11-10-24-18-5-3-4-17(13-18)14-22-20(23)8-9-21/h3-7,12-13H,8,10-11,14H2,1-2H3,(H,22,23). The van der Waals surface area contributed by atoms with Crippen LogP contribution in [-0.2, 0) is 11.3 Å². The Hall–Kier alpha value is -3.00. The van der Waals surface area contributed by atoms with Crippen molar-refractivity contribution in [3.63, 3.8) is 0 Å². The van der Waals surface area contributed by atoms with Crippen LogP contribution in [-0.4, -0.2) is 19.1 Å². The summed E-state index contributed by atoms with van der Waals surface area (Å²) < 4.78 is 11.4. The number of hydrogen-bond acceptors (Lipinski definition) is 4. The average Bonchev–Trinajstić information content (AvgIpc) is 2.59. The third-order valence-electron chi connectivity index (χ3n) is 3.57. The van der Waals surface area contributed by atoms with Gasteiger partial charge in [0.15, 0.2) is 0 Å². The summed E-state index contributed by atoms with van der Waals surface area (Å²) >= 11 is 0. The molecule has 0 radical (unpaired) electrons. The van der Waals surface area contributed by atoms with Gasteiger partial charge in [0.2, 0.25) is 5.91 Å². The zero-order valence-corrected chi connectivity index (χ0v) is 14.5. The van der Waals surface area contributed by atoms with Gasteiger partial charge in [-0.3, -0.25) is 4.79 Å². The Labute approximate surface area is 148 Å². The third kappa shape index (κ3) is 6.19. The molecule has 0 aliphatic heterocycles. The molecular weight excluding hydrogens is 316 g/mol. The zero-order chi connectivity index (χ0) is 18.1. The summed E-state index contributed by atoms with van der Waals surface area (Å²) in [7, 11) is 0. The second kappa shape index (κ2) is 9.33. The molecule has 130 valence electrons. The number of ether oxygens (including phenoxy) is 2. The van der Waals surface area contributed by atoms with Gasteiger partial charge in [0, 0.05) is 6.54 Å². The Morgan fingerprint density at radius 1 is 1.12 bits per heavy atom. The molecule has 0 atom stereocenters. The van der Waals surface area contributed by atoms with Crippen LogP contribution in [0.2, 0.25) is 0 Å². The lowest BCUT2D eigenvalue weighted by Gasteiger charge is -2.11. The van der Waals surface area contributed by atoms with Gasteiger partial charge in [0.1, 0.15) is 31.1 Å². The highest BCUT2D eigenvalue weighted by atomic mass is 16.5. The van der Waals surface area contributed by atoms with Crippen LogP contribution in [0.25, 0.3) is 0 Å². The topological polar surface area (TPSA) is 71.3 Å². The van der Waals surface area contributed by atoms with Crippen molar-refractivity contribution in [3.8, 4) is 17.6 Å². The number of carbonyl (C=O) groups is 1. The zero-order valence-electron chi connectivity index (χ0n) is 14.5. The van der Waals surface area contributed by atoms with E-state index in [4.69, 9.17) is 14.7 Å². The van der Waals surface area contributed by atoms with Crippen LogP contribution in [0.4, 0.5) is 0 Å². The lowest BCUT2D eigenvalue weighted by molar-refractivity contribution is -0.120. The Bertz CT molecular complexity index is 766. The van der Waals surface area contributed by atoms with E-state index in [-0.39, 0.29) is 12.3 Å². The normalized spacial score (nSPS) is 9.96. The highest BCUT2D eigenvalue weighted by Gasteiger charge is 2.03. The molecule has 2 aromatic rings. The van der Waals surface area contributed by atoms with Crippen molar-refractivity contribution < 1.29 is 14.3 Å². The van der Waals surface area contributed by atoms with E-state index in [9.17, 15) is 4.79 Å². The Morgan fingerprint density at radius 3 is 2.68 bits per heavy atom. The second-order valence-corrected chi connectivity index (χ2v) is 5.72. The van der Waals surface area contributed by atoms with E-state index < -0.39 is 0 Å². The van der Waals surface area contributed by atoms with Crippen LogP contribution in [0.5, 0.6) is 11.5 Å². The Kier molecular flexibility index (Phi) is 6.85. The monoisotopic (exact) mass is 338 g/mol. The van der Waals surface area contributed by atoms with Crippen LogP contribution in [0, 0.1) is 25.2 Å². The summed E-state index contributed by atoms with van der Waals surface area (Å²) in [5.41, 5.74) is 3.23. The lowest BCUT2D eigenvalue weighted by atomic mass is 10.1. The molecule has 0 aromatic heterocycles. The predicted molar refractivity (Wildman–Crippen MR) is 95.4 cm³/mol. The molecule has 0 aliphatic rings. The highest BCUT2D eigenvalue weighted by Crippen LogP contribution is 2.19. The summed E-state index contributed by atoms with van der Waals surface area (Å²) in [6.07, 6.45) is -0.133. The number of rotatable bonds is 8. The summed E-state index contributed by atoms with van der Waals surface area (Å²) in [5.74, 6) is 1.30. The molecule has 2 aromatic carbocycles. The van der Waals surface area contributed by atoms with E-state index >= 15 is 0 Å². The van der Waals surface area contributed by atoms with E-state index in [0.717, 1.165) is 22.6 Å². The number of nitrogens with zero attached hydrogens (tertiary/aromatic N) is 1. The van der Waals surface area contributed by atoms with Gasteiger partial charge in [0.25, 0.3) is 0 Å². The minimum atomic E-state index is -0.282. The maximum absolute atomic E-state index is 11.3. The molecule has 5 heteroatoms. The molecule has 25 heavy (non-hydrogen) atoms. The fourth-order valence-corrected chi connectivity index (χ4v) is 2.35. The summed E-state index contributed by atoms with van der Waals surface area (Å²) in [6, 6.07) is 15.4. The number of nitrogens with one attached hydrogen (secondary N) is 1. The Balaban J connectivity index is 1.78. The van der Waals surface area contributed by atoms with E-state index in [1.165, 1.54) is 5.56 Å². The molecule has 5 nitrogen and oxygen atoms in total. The van der Waals surface area contributed by atoms with Gasteiger partial charge < -0.3 is 14.8 Å². The molecule has 0 bridgehead atoms. The molecule has 0 spiro atoms. The predicted octanol–water partition coefficient (Wildman–Crippen LogP) is 3.29. The van der Waals surface area contributed by atoms with Crippen molar-refractivity contribution in [1.82, 2.24) is 5.32 Å². The smallest absolute Gasteiger partial charge is 0.234 e. The molecule has 0 heterocycles. The first-order valence-corrected chi connectivity index (χ1v) is 8.14. The molecule has 0 saturated carbocycles. The van der Waals surface area contributed by atoms with E-state index in [1.807, 2.05) is 49.4 Å². The number of nitriles is 1. The Morgan fingerprint density at radius 2 is 1.92 bits per heavy atom. The molecule has 1 N–H and O–H groups in total. The van der Waals surface area contributed by atoms with Crippen molar-refractivity contribution in [2.75, 3.05) is 13.2 Å². The number of benzene rings is 2. The average molecular weight is 338 g/mol. The van der Waals surface area contributed by atoms with Gasteiger partial charge in [-0.15, -0.1) is 0 Å². The summed E-state index contributed by atoms with van der Waals surface area (Å²) in [6.45, 7) is 5.32. The second-order valence-electron chi connectivity index (χ2n) is 5.72. The number of aryl methyl sites for hydroxylation is 2. The first kappa shape index (κ1) is 18.3. The van der Waals surface area contributed by atoms with Crippen molar-refractivity contribution in [1.29, 1.82) is 5.26 Å². The minimum absolute atomic E-state index is 0.133. The van der Waals surface area contributed by atoms with Crippen molar-refractivity contribution in [3.05, 3.63) is 59.2 Å². The maximum Gasteiger partial charge on any atom is 0.234 e. The van der Waals surface area contributed by atoms with Crippen LogP contribution in [0.3, 0.4) is 0 Å². The van der Waals surface area contributed by atoms with Gasteiger partial charge in [-0.2, -0.15) is 5.26 Å². The molecule has 2 rings (SSSR count). The van der Waals surface area contributed by atoms with Crippen LogP contribution >= 0.6 is 0 Å². The lowest BCUT2D eigenvalue weighted by Crippen LogP contribution is -2.21. The molecule has 1 amide bonds. The van der Waals surface area contributed by atoms with Crippen molar-refractivity contribution in [2.45, 2.75) is 26.8 Å². The fraction of sp³-hybridized carbons (Fsp3) is 0.300. The van der Waals surface area contributed by atoms with Crippen molar-refractivity contribution >= 4 is 5.91 Å². The van der Waals surface area contributed by atoms with Crippen LogP contribution < -0.4 is 14.8 Å². The molecule has 0 aliphatic carbocycles. The van der Waals surface area contributed by atoms with Crippen LogP contribution in [0.1, 0.15) is 23.1 Å². The minimum Gasteiger partial charge on any atom is -0.490 e. The SMILES string of the molecule is Cc1ccc(OCCOc2cccc(CNC(=O)CC#N)c2)c(C)c1. The van der Waals surface area contributed by atoms with Crippen molar-refractivity contribution in [2.24, 2.45) is 0 Å². The van der Waals surface area contributed by atoms with Crippen LogP contribution in [0.15, 0.2) is 42.5 Å². The largest absolute Gasteiger partial charge is 0.490 e.